The molecule has 4 heteroatoms. The van der Waals surface area contributed by atoms with Gasteiger partial charge in [-0.25, -0.2) is 4.39 Å². The Balaban J connectivity index is 1.49. The Kier molecular flexibility index (Phi) is 3.25. The maximum Gasteiger partial charge on any atom is 0.226 e. The molecule has 1 aliphatic heterocycles. The number of carbonyl (C=O) groups excluding carboxylic acids is 1. The maximum atomic E-state index is 13.1. The van der Waals surface area contributed by atoms with E-state index >= 15 is 0 Å². The van der Waals surface area contributed by atoms with Crippen LogP contribution >= 0.6 is 0 Å². The average Bonchev–Trinajstić information content (AvgIpc) is 2.95. The highest BCUT2D eigenvalue weighted by atomic mass is 19.1. The highest BCUT2D eigenvalue weighted by molar-refractivity contribution is 5.83. The molecule has 1 saturated carbocycles. The summed E-state index contributed by atoms with van der Waals surface area (Å²) in [5.41, 5.74) is 1.03. The third-order valence-electron chi connectivity index (χ3n) is 4.81. The van der Waals surface area contributed by atoms with Crippen LogP contribution in [0.3, 0.4) is 0 Å². The van der Waals surface area contributed by atoms with Crippen LogP contribution < -0.4 is 0 Å². The van der Waals surface area contributed by atoms with Gasteiger partial charge in [-0.1, -0.05) is 12.1 Å². The fraction of sp³-hybridized carbons (Fsp3) is 0.389. The standard InChI is InChI=1S/C18H18FNO2/c19-13-7-5-12(6-8-13)16-3-1-9-20(16)18(21)15-11-14(15)17-4-2-10-22-17/h2,4-8,10,14-16H,1,3,9,11H2/t14-,15-,16+/m1/s1. The van der Waals surface area contributed by atoms with Gasteiger partial charge in [0.2, 0.25) is 5.91 Å². The van der Waals surface area contributed by atoms with Crippen LogP contribution in [0.5, 0.6) is 0 Å². The minimum Gasteiger partial charge on any atom is -0.469 e. The van der Waals surface area contributed by atoms with Crippen molar-refractivity contribution in [2.45, 2.75) is 31.2 Å². The molecule has 1 aromatic carbocycles. The highest BCUT2D eigenvalue weighted by Crippen LogP contribution is 2.50. The zero-order valence-corrected chi connectivity index (χ0v) is 12.2. The van der Waals surface area contributed by atoms with Gasteiger partial charge in [-0.15, -0.1) is 0 Å². The Bertz CT molecular complexity index is 665. The lowest BCUT2D eigenvalue weighted by Crippen LogP contribution is -2.32. The third-order valence-corrected chi connectivity index (χ3v) is 4.81. The molecule has 0 radical (unpaired) electrons. The second kappa shape index (κ2) is 5.27. The van der Waals surface area contributed by atoms with E-state index in [4.69, 9.17) is 4.42 Å². The van der Waals surface area contributed by atoms with Gasteiger partial charge >= 0.3 is 0 Å². The summed E-state index contributed by atoms with van der Waals surface area (Å²) in [6.07, 6.45) is 4.49. The topological polar surface area (TPSA) is 33.5 Å². The second-order valence-electron chi connectivity index (χ2n) is 6.21. The smallest absolute Gasteiger partial charge is 0.226 e. The highest BCUT2D eigenvalue weighted by Gasteiger charge is 2.49. The van der Waals surface area contributed by atoms with Gasteiger partial charge in [0.25, 0.3) is 0 Å². The Morgan fingerprint density at radius 2 is 2.05 bits per heavy atom. The van der Waals surface area contributed by atoms with Crippen molar-refractivity contribution < 1.29 is 13.6 Å². The Morgan fingerprint density at radius 1 is 1.23 bits per heavy atom. The molecule has 1 saturated heterocycles. The first kappa shape index (κ1) is 13.6. The zero-order valence-electron chi connectivity index (χ0n) is 12.2. The Labute approximate surface area is 128 Å². The summed E-state index contributed by atoms with van der Waals surface area (Å²) in [7, 11) is 0. The van der Waals surface area contributed by atoms with Crippen LogP contribution in [0, 0.1) is 11.7 Å². The van der Waals surface area contributed by atoms with Crippen LogP contribution in [0.4, 0.5) is 4.39 Å². The van der Waals surface area contributed by atoms with Crippen molar-refractivity contribution in [3.05, 3.63) is 59.8 Å². The molecule has 0 N–H and O–H groups in total. The molecule has 0 bridgehead atoms. The van der Waals surface area contributed by atoms with Gasteiger partial charge in [0, 0.05) is 18.4 Å². The van der Waals surface area contributed by atoms with Crippen molar-refractivity contribution >= 4 is 5.91 Å². The lowest BCUT2D eigenvalue weighted by Gasteiger charge is -2.25. The molecular formula is C18H18FNO2. The minimum atomic E-state index is -0.236. The molecule has 1 aromatic heterocycles. The van der Waals surface area contributed by atoms with E-state index in [0.29, 0.717) is 0 Å². The summed E-state index contributed by atoms with van der Waals surface area (Å²) in [6, 6.07) is 10.4. The van der Waals surface area contributed by atoms with Gasteiger partial charge in [0.05, 0.1) is 12.3 Å². The fourth-order valence-electron chi connectivity index (χ4n) is 3.56. The first-order valence-electron chi connectivity index (χ1n) is 7.83. The number of nitrogens with zero attached hydrogens (tertiary/aromatic N) is 1. The molecule has 0 unspecified atom stereocenters. The molecule has 1 amide bonds. The number of rotatable bonds is 3. The largest absolute Gasteiger partial charge is 0.469 e. The molecule has 114 valence electrons. The molecule has 2 heterocycles. The van der Waals surface area contributed by atoms with Gasteiger partial charge in [-0.3, -0.25) is 4.79 Å². The third kappa shape index (κ3) is 2.32. The van der Waals surface area contributed by atoms with Crippen molar-refractivity contribution in [2.24, 2.45) is 5.92 Å². The summed E-state index contributed by atoms with van der Waals surface area (Å²) >= 11 is 0. The second-order valence-corrected chi connectivity index (χ2v) is 6.21. The van der Waals surface area contributed by atoms with Gasteiger partial charge in [-0.05, 0) is 49.1 Å². The fourth-order valence-corrected chi connectivity index (χ4v) is 3.56. The first-order valence-corrected chi connectivity index (χ1v) is 7.83. The molecule has 4 rings (SSSR count). The summed E-state index contributed by atoms with van der Waals surface area (Å²) in [5.74, 6) is 1.17. The van der Waals surface area contributed by atoms with Gasteiger partial charge in [-0.2, -0.15) is 0 Å². The van der Waals surface area contributed by atoms with Gasteiger partial charge in [0.1, 0.15) is 11.6 Å². The molecule has 0 spiro atoms. The monoisotopic (exact) mass is 299 g/mol. The number of halogens is 1. The van der Waals surface area contributed by atoms with E-state index in [1.165, 1.54) is 12.1 Å². The summed E-state index contributed by atoms with van der Waals surface area (Å²) < 4.78 is 18.5. The lowest BCUT2D eigenvalue weighted by atomic mass is 10.0. The average molecular weight is 299 g/mol. The van der Waals surface area contributed by atoms with E-state index in [-0.39, 0.29) is 29.6 Å². The number of benzene rings is 1. The number of likely N-dealkylation sites (tertiary alicyclic amines) is 1. The number of furan rings is 1. The van der Waals surface area contributed by atoms with Crippen molar-refractivity contribution in [3.8, 4) is 0 Å². The Morgan fingerprint density at radius 3 is 2.77 bits per heavy atom. The molecule has 22 heavy (non-hydrogen) atoms. The minimum absolute atomic E-state index is 0.0483. The van der Waals surface area contributed by atoms with Crippen molar-refractivity contribution in [1.29, 1.82) is 0 Å². The molecule has 3 nitrogen and oxygen atoms in total. The predicted octanol–water partition coefficient (Wildman–Crippen LogP) is 3.89. The normalized spacial score (nSPS) is 27.1. The Hall–Kier alpha value is -2.10. The van der Waals surface area contributed by atoms with E-state index in [0.717, 1.165) is 37.1 Å². The zero-order chi connectivity index (χ0) is 15.1. The molecule has 1 aliphatic carbocycles. The predicted molar refractivity (Wildman–Crippen MR) is 79.6 cm³/mol. The summed E-state index contributed by atoms with van der Waals surface area (Å²) in [5, 5.41) is 0. The number of carbonyl (C=O) groups is 1. The number of hydrogen-bond acceptors (Lipinski definition) is 2. The van der Waals surface area contributed by atoms with E-state index in [1.807, 2.05) is 17.0 Å². The maximum absolute atomic E-state index is 13.1. The summed E-state index contributed by atoms with van der Waals surface area (Å²) in [6.45, 7) is 0.794. The number of hydrogen-bond donors (Lipinski definition) is 0. The molecule has 2 aliphatic rings. The lowest BCUT2D eigenvalue weighted by molar-refractivity contribution is -0.133. The quantitative estimate of drug-likeness (QED) is 0.861. The van der Waals surface area contributed by atoms with Crippen LogP contribution in [0.1, 0.15) is 42.5 Å². The van der Waals surface area contributed by atoms with Crippen LogP contribution in [-0.4, -0.2) is 17.4 Å². The van der Waals surface area contributed by atoms with E-state index < -0.39 is 0 Å². The van der Waals surface area contributed by atoms with Crippen LogP contribution in [0.2, 0.25) is 0 Å². The van der Waals surface area contributed by atoms with E-state index in [2.05, 4.69) is 0 Å². The van der Waals surface area contributed by atoms with Crippen LogP contribution in [-0.2, 0) is 4.79 Å². The SMILES string of the molecule is O=C([C@@H]1C[C@H]1c1ccco1)N1CCC[C@H]1c1ccc(F)cc1. The van der Waals surface area contributed by atoms with Gasteiger partial charge < -0.3 is 9.32 Å². The van der Waals surface area contributed by atoms with Gasteiger partial charge in [0.15, 0.2) is 0 Å². The van der Waals surface area contributed by atoms with Crippen molar-refractivity contribution in [2.75, 3.05) is 6.54 Å². The first-order chi connectivity index (χ1) is 10.7. The summed E-state index contributed by atoms with van der Waals surface area (Å²) in [4.78, 5) is 14.7. The molecule has 3 atom stereocenters. The van der Waals surface area contributed by atoms with E-state index in [1.54, 1.807) is 18.4 Å². The van der Waals surface area contributed by atoms with Crippen LogP contribution in [0.15, 0.2) is 47.1 Å². The molecular weight excluding hydrogens is 281 g/mol. The molecule has 2 fully saturated rings. The number of amides is 1. The van der Waals surface area contributed by atoms with Crippen molar-refractivity contribution in [3.63, 3.8) is 0 Å². The van der Waals surface area contributed by atoms with Crippen molar-refractivity contribution in [1.82, 2.24) is 4.90 Å². The van der Waals surface area contributed by atoms with Crippen LogP contribution in [0.25, 0.3) is 0 Å². The van der Waals surface area contributed by atoms with E-state index in [9.17, 15) is 9.18 Å². The molecule has 2 aromatic rings.